The molecule has 2 aromatic carbocycles. The number of methoxy groups -OCH3 is 3. The maximum atomic E-state index is 5.54. The molecule has 6 heteroatoms. The number of hydrogen-bond acceptors (Lipinski definition) is 4. The highest BCUT2D eigenvalue weighted by atomic mass is 32.1. The molecule has 0 unspecified atom stereocenters. The first kappa shape index (κ1) is 20.8. The normalized spacial score (nSPS) is 11.6. The van der Waals surface area contributed by atoms with Crippen molar-refractivity contribution in [2.24, 2.45) is 5.92 Å². The highest BCUT2D eigenvalue weighted by Crippen LogP contribution is 2.30. The van der Waals surface area contributed by atoms with Crippen molar-refractivity contribution in [3.8, 4) is 17.2 Å². The molecule has 0 spiro atoms. The van der Waals surface area contributed by atoms with E-state index in [0.717, 1.165) is 17.9 Å². The number of hydrogen-bond donors (Lipinski definition) is 2. The van der Waals surface area contributed by atoms with Gasteiger partial charge in [0, 0.05) is 11.8 Å². The minimum Gasteiger partial charge on any atom is -0.497 e. The molecule has 0 aliphatic rings. The minimum atomic E-state index is 0.107. The molecule has 0 fully saturated rings. The fourth-order valence-corrected chi connectivity index (χ4v) is 3.09. The lowest BCUT2D eigenvalue weighted by molar-refractivity contribution is 0.355. The van der Waals surface area contributed by atoms with Crippen molar-refractivity contribution < 1.29 is 14.2 Å². The Morgan fingerprint density at radius 1 is 0.926 bits per heavy atom. The van der Waals surface area contributed by atoms with Gasteiger partial charge < -0.3 is 24.8 Å². The van der Waals surface area contributed by atoms with Gasteiger partial charge in [0.2, 0.25) is 0 Å². The lowest BCUT2D eigenvalue weighted by Gasteiger charge is -2.23. The van der Waals surface area contributed by atoms with E-state index in [1.165, 1.54) is 5.56 Å². The molecule has 27 heavy (non-hydrogen) atoms. The van der Waals surface area contributed by atoms with Crippen molar-refractivity contribution in [1.29, 1.82) is 0 Å². The summed E-state index contributed by atoms with van der Waals surface area (Å²) in [5.74, 6) is 2.69. The van der Waals surface area contributed by atoms with Gasteiger partial charge in [0.1, 0.15) is 5.75 Å². The molecule has 0 radical (unpaired) electrons. The zero-order chi connectivity index (χ0) is 19.8. The number of ether oxygens (including phenoxy) is 3. The quantitative estimate of drug-likeness (QED) is 0.635. The van der Waals surface area contributed by atoms with Crippen molar-refractivity contribution in [1.82, 2.24) is 5.32 Å². The second-order valence-electron chi connectivity index (χ2n) is 6.62. The van der Waals surface area contributed by atoms with Crippen LogP contribution in [0.3, 0.4) is 0 Å². The number of nitrogens with one attached hydrogen (secondary N) is 2. The van der Waals surface area contributed by atoms with Crippen LogP contribution < -0.4 is 24.8 Å². The zero-order valence-electron chi connectivity index (χ0n) is 16.5. The van der Waals surface area contributed by atoms with Crippen LogP contribution in [-0.4, -0.2) is 26.4 Å². The molecular formula is C21H28N2O3S. The van der Waals surface area contributed by atoms with Crippen LogP contribution in [0.2, 0.25) is 0 Å². The Morgan fingerprint density at radius 2 is 1.59 bits per heavy atom. The van der Waals surface area contributed by atoms with Crippen LogP contribution in [0.15, 0.2) is 42.5 Å². The second-order valence-corrected chi connectivity index (χ2v) is 7.03. The standard InChI is InChI=1S/C21H28N2O3S/c1-14(2)12-18(15-6-9-17(24-3)10-7-15)23-21(27)22-16-8-11-19(25-4)20(13-16)26-5/h6-11,13-14,18H,12H2,1-5H3,(H2,22,23,27)/t18-/m0/s1. The predicted octanol–water partition coefficient (Wildman–Crippen LogP) is 4.79. The molecule has 0 amide bonds. The van der Waals surface area contributed by atoms with Gasteiger partial charge in [-0.1, -0.05) is 26.0 Å². The van der Waals surface area contributed by atoms with Gasteiger partial charge in [-0.25, -0.2) is 0 Å². The van der Waals surface area contributed by atoms with E-state index in [2.05, 4.69) is 36.6 Å². The van der Waals surface area contributed by atoms with Gasteiger partial charge in [-0.2, -0.15) is 0 Å². The maximum absolute atomic E-state index is 5.54. The average Bonchev–Trinajstić information content (AvgIpc) is 2.67. The molecule has 0 aromatic heterocycles. The van der Waals surface area contributed by atoms with E-state index < -0.39 is 0 Å². The van der Waals surface area contributed by atoms with Gasteiger partial charge in [-0.15, -0.1) is 0 Å². The molecule has 0 bridgehead atoms. The Morgan fingerprint density at radius 3 is 2.15 bits per heavy atom. The Labute approximate surface area is 167 Å². The molecule has 0 saturated heterocycles. The predicted molar refractivity (Wildman–Crippen MR) is 114 cm³/mol. The van der Waals surface area contributed by atoms with E-state index in [4.69, 9.17) is 26.4 Å². The van der Waals surface area contributed by atoms with Crippen LogP contribution in [0, 0.1) is 5.92 Å². The highest BCUT2D eigenvalue weighted by Gasteiger charge is 2.15. The first-order chi connectivity index (χ1) is 13.0. The van der Waals surface area contributed by atoms with Crippen molar-refractivity contribution in [3.05, 3.63) is 48.0 Å². The van der Waals surface area contributed by atoms with Crippen molar-refractivity contribution in [2.75, 3.05) is 26.6 Å². The highest BCUT2D eigenvalue weighted by molar-refractivity contribution is 7.80. The van der Waals surface area contributed by atoms with Gasteiger partial charge >= 0.3 is 0 Å². The maximum Gasteiger partial charge on any atom is 0.171 e. The number of benzene rings is 2. The number of rotatable bonds is 8. The van der Waals surface area contributed by atoms with Gasteiger partial charge in [-0.3, -0.25) is 0 Å². The Kier molecular flexibility index (Phi) is 7.73. The van der Waals surface area contributed by atoms with Gasteiger partial charge in [-0.05, 0) is 54.4 Å². The third kappa shape index (κ3) is 6.03. The Hall–Kier alpha value is -2.47. The molecule has 0 heterocycles. The molecule has 2 rings (SSSR count). The molecular weight excluding hydrogens is 360 g/mol. The summed E-state index contributed by atoms with van der Waals surface area (Å²) < 4.78 is 15.9. The van der Waals surface area contributed by atoms with Crippen LogP contribution in [0.1, 0.15) is 31.9 Å². The minimum absolute atomic E-state index is 0.107. The summed E-state index contributed by atoms with van der Waals surface area (Å²) >= 11 is 5.54. The van der Waals surface area contributed by atoms with Gasteiger partial charge in [0.05, 0.1) is 27.4 Å². The largest absolute Gasteiger partial charge is 0.497 e. The monoisotopic (exact) mass is 388 g/mol. The molecule has 5 nitrogen and oxygen atoms in total. The zero-order valence-corrected chi connectivity index (χ0v) is 17.4. The molecule has 1 atom stereocenters. The Balaban J connectivity index is 2.11. The summed E-state index contributed by atoms with van der Waals surface area (Å²) in [7, 11) is 4.89. The first-order valence-electron chi connectivity index (χ1n) is 8.90. The van der Waals surface area contributed by atoms with Gasteiger partial charge in [0.15, 0.2) is 16.6 Å². The average molecular weight is 389 g/mol. The molecule has 2 aromatic rings. The SMILES string of the molecule is COc1ccc([C@H](CC(C)C)NC(=S)Nc2ccc(OC)c(OC)c2)cc1. The molecule has 0 aliphatic heterocycles. The van der Waals surface area contributed by atoms with E-state index in [9.17, 15) is 0 Å². The summed E-state index contributed by atoms with van der Waals surface area (Å²) in [5, 5.41) is 7.21. The van der Waals surface area contributed by atoms with Crippen LogP contribution in [-0.2, 0) is 0 Å². The smallest absolute Gasteiger partial charge is 0.171 e. The lowest BCUT2D eigenvalue weighted by Crippen LogP contribution is -2.33. The van der Waals surface area contributed by atoms with E-state index >= 15 is 0 Å². The lowest BCUT2D eigenvalue weighted by atomic mass is 9.97. The third-order valence-corrected chi connectivity index (χ3v) is 4.39. The van der Waals surface area contributed by atoms with E-state index in [1.54, 1.807) is 21.3 Å². The summed E-state index contributed by atoms with van der Waals surface area (Å²) in [4.78, 5) is 0. The van der Waals surface area contributed by atoms with Crippen molar-refractivity contribution >= 4 is 23.0 Å². The topological polar surface area (TPSA) is 51.8 Å². The van der Waals surface area contributed by atoms with E-state index in [1.807, 2.05) is 30.3 Å². The summed E-state index contributed by atoms with van der Waals surface area (Å²) in [6, 6.07) is 13.8. The summed E-state index contributed by atoms with van der Waals surface area (Å²) in [6.45, 7) is 4.39. The van der Waals surface area contributed by atoms with E-state index in [0.29, 0.717) is 22.5 Å². The fraction of sp³-hybridized carbons (Fsp3) is 0.381. The second kappa shape index (κ2) is 10.0. The number of thiocarbonyl (C=S) groups is 1. The molecule has 0 aliphatic carbocycles. The third-order valence-electron chi connectivity index (χ3n) is 4.17. The first-order valence-corrected chi connectivity index (χ1v) is 9.31. The fourth-order valence-electron chi connectivity index (χ4n) is 2.83. The van der Waals surface area contributed by atoms with Crippen molar-refractivity contribution in [3.63, 3.8) is 0 Å². The molecule has 0 saturated carbocycles. The van der Waals surface area contributed by atoms with Crippen LogP contribution >= 0.6 is 12.2 Å². The van der Waals surface area contributed by atoms with Crippen molar-refractivity contribution in [2.45, 2.75) is 26.3 Å². The number of anilines is 1. The summed E-state index contributed by atoms with van der Waals surface area (Å²) in [6.07, 6.45) is 0.958. The van der Waals surface area contributed by atoms with Crippen LogP contribution in [0.5, 0.6) is 17.2 Å². The molecule has 2 N–H and O–H groups in total. The van der Waals surface area contributed by atoms with Gasteiger partial charge in [0.25, 0.3) is 0 Å². The van der Waals surface area contributed by atoms with Crippen LogP contribution in [0.25, 0.3) is 0 Å². The van der Waals surface area contributed by atoms with Crippen LogP contribution in [0.4, 0.5) is 5.69 Å². The Bertz CT molecular complexity index is 748. The summed E-state index contributed by atoms with van der Waals surface area (Å²) in [5.41, 5.74) is 2.00. The van der Waals surface area contributed by atoms with E-state index in [-0.39, 0.29) is 6.04 Å². The molecule has 146 valence electrons.